The molecule has 5 nitrogen and oxygen atoms in total. The standard InChI is InChI=1S/C15H15N3O2S/c1-9(2)20-11-5-3-10(4-6-11)17-15(19)12-7-13-14(18-12)16-8-21-13/h3-9,18H,1-2H3,(H,17,19). The lowest BCUT2D eigenvalue weighted by Crippen LogP contribution is -2.12. The number of hydrogen-bond donors (Lipinski definition) is 2. The van der Waals surface area contributed by atoms with Gasteiger partial charge in [-0.15, -0.1) is 11.3 Å². The molecule has 0 radical (unpaired) electrons. The molecule has 0 saturated heterocycles. The number of fused-ring (bicyclic) bond motifs is 1. The maximum absolute atomic E-state index is 12.1. The maximum Gasteiger partial charge on any atom is 0.272 e. The summed E-state index contributed by atoms with van der Waals surface area (Å²) in [5.74, 6) is 0.602. The summed E-state index contributed by atoms with van der Waals surface area (Å²) in [6, 6.07) is 9.12. The molecule has 2 aromatic heterocycles. The molecule has 3 rings (SSSR count). The van der Waals surface area contributed by atoms with Crippen molar-refractivity contribution in [3.8, 4) is 5.75 Å². The van der Waals surface area contributed by atoms with Crippen molar-refractivity contribution in [3.63, 3.8) is 0 Å². The number of rotatable bonds is 4. The Morgan fingerprint density at radius 3 is 2.76 bits per heavy atom. The second-order valence-electron chi connectivity index (χ2n) is 4.89. The molecule has 1 aromatic carbocycles. The molecular formula is C15H15N3O2S. The van der Waals surface area contributed by atoms with Crippen molar-refractivity contribution in [1.82, 2.24) is 9.97 Å². The van der Waals surface area contributed by atoms with Gasteiger partial charge in [0.25, 0.3) is 5.91 Å². The molecule has 0 aliphatic rings. The number of amides is 1. The number of aromatic nitrogens is 2. The van der Waals surface area contributed by atoms with Crippen LogP contribution in [0.4, 0.5) is 5.69 Å². The van der Waals surface area contributed by atoms with Crippen LogP contribution in [-0.2, 0) is 0 Å². The molecule has 0 saturated carbocycles. The molecule has 0 unspecified atom stereocenters. The third kappa shape index (κ3) is 3.05. The number of anilines is 1. The summed E-state index contributed by atoms with van der Waals surface area (Å²) in [6.45, 7) is 3.95. The van der Waals surface area contributed by atoms with Crippen molar-refractivity contribution in [2.75, 3.05) is 5.32 Å². The normalized spacial score (nSPS) is 11.0. The van der Waals surface area contributed by atoms with Gasteiger partial charge >= 0.3 is 0 Å². The third-order valence-electron chi connectivity index (χ3n) is 2.85. The highest BCUT2D eigenvalue weighted by Gasteiger charge is 2.11. The fraction of sp³-hybridized carbons (Fsp3) is 0.200. The third-order valence-corrected chi connectivity index (χ3v) is 3.63. The highest BCUT2D eigenvalue weighted by Crippen LogP contribution is 2.20. The van der Waals surface area contributed by atoms with E-state index in [9.17, 15) is 4.79 Å². The summed E-state index contributed by atoms with van der Waals surface area (Å²) in [7, 11) is 0. The van der Waals surface area contributed by atoms with Crippen molar-refractivity contribution in [3.05, 3.63) is 41.5 Å². The second-order valence-corrected chi connectivity index (χ2v) is 5.78. The van der Waals surface area contributed by atoms with Crippen LogP contribution in [-0.4, -0.2) is 22.0 Å². The van der Waals surface area contributed by atoms with Crippen molar-refractivity contribution in [2.24, 2.45) is 0 Å². The van der Waals surface area contributed by atoms with Crippen LogP contribution in [0.15, 0.2) is 35.8 Å². The quantitative estimate of drug-likeness (QED) is 0.772. The first-order valence-corrected chi connectivity index (χ1v) is 7.50. The largest absolute Gasteiger partial charge is 0.491 e. The number of nitrogens with one attached hydrogen (secondary N) is 2. The van der Waals surface area contributed by atoms with Crippen LogP contribution in [0.3, 0.4) is 0 Å². The first-order valence-electron chi connectivity index (χ1n) is 6.62. The number of aromatic amines is 1. The molecular weight excluding hydrogens is 286 g/mol. The molecule has 1 amide bonds. The second kappa shape index (κ2) is 5.57. The molecule has 0 aliphatic carbocycles. The Balaban J connectivity index is 1.70. The Morgan fingerprint density at radius 1 is 1.33 bits per heavy atom. The fourth-order valence-electron chi connectivity index (χ4n) is 1.96. The highest BCUT2D eigenvalue weighted by atomic mass is 32.1. The summed E-state index contributed by atoms with van der Waals surface area (Å²) < 4.78 is 6.54. The van der Waals surface area contributed by atoms with Gasteiger partial charge in [-0.1, -0.05) is 0 Å². The fourth-order valence-corrected chi connectivity index (χ4v) is 2.63. The van der Waals surface area contributed by atoms with Crippen molar-refractivity contribution in [2.45, 2.75) is 20.0 Å². The van der Waals surface area contributed by atoms with Gasteiger partial charge in [-0.25, -0.2) is 4.98 Å². The summed E-state index contributed by atoms with van der Waals surface area (Å²) in [4.78, 5) is 19.3. The lowest BCUT2D eigenvalue weighted by Gasteiger charge is -2.10. The number of carbonyl (C=O) groups excluding carboxylic acids is 1. The Labute approximate surface area is 126 Å². The SMILES string of the molecule is CC(C)Oc1ccc(NC(=O)c2cc3scnc3[nH]2)cc1. The van der Waals surface area contributed by atoms with E-state index in [1.54, 1.807) is 11.6 Å². The van der Waals surface area contributed by atoms with Gasteiger partial charge in [0, 0.05) is 5.69 Å². The molecule has 0 atom stereocenters. The molecule has 21 heavy (non-hydrogen) atoms. The molecule has 0 aliphatic heterocycles. The number of nitrogens with zero attached hydrogens (tertiary/aromatic N) is 1. The van der Waals surface area contributed by atoms with E-state index in [1.165, 1.54) is 11.3 Å². The Hall–Kier alpha value is -2.34. The number of benzene rings is 1. The molecule has 0 spiro atoms. The van der Waals surface area contributed by atoms with Crippen LogP contribution in [0.5, 0.6) is 5.75 Å². The van der Waals surface area contributed by atoms with Gasteiger partial charge < -0.3 is 15.0 Å². The van der Waals surface area contributed by atoms with E-state index < -0.39 is 0 Å². The van der Waals surface area contributed by atoms with E-state index in [0.29, 0.717) is 5.69 Å². The van der Waals surface area contributed by atoms with Crippen LogP contribution in [0.2, 0.25) is 0 Å². The number of ether oxygens (including phenoxy) is 1. The Bertz CT molecular complexity index is 730. The molecule has 108 valence electrons. The van der Waals surface area contributed by atoms with E-state index in [4.69, 9.17) is 4.74 Å². The van der Waals surface area contributed by atoms with Gasteiger partial charge in [0.05, 0.1) is 16.3 Å². The number of carbonyl (C=O) groups is 1. The summed E-state index contributed by atoms with van der Waals surface area (Å²) in [5.41, 5.74) is 3.72. The van der Waals surface area contributed by atoms with Gasteiger partial charge in [0.2, 0.25) is 0 Å². The minimum Gasteiger partial charge on any atom is -0.491 e. The highest BCUT2D eigenvalue weighted by molar-refractivity contribution is 7.16. The van der Waals surface area contributed by atoms with E-state index in [2.05, 4.69) is 15.3 Å². The van der Waals surface area contributed by atoms with Crippen LogP contribution in [0, 0.1) is 0 Å². The summed E-state index contributed by atoms with van der Waals surface area (Å²) in [6.07, 6.45) is 0.129. The molecule has 2 heterocycles. The van der Waals surface area contributed by atoms with E-state index >= 15 is 0 Å². The van der Waals surface area contributed by atoms with Gasteiger partial charge in [-0.3, -0.25) is 4.79 Å². The zero-order chi connectivity index (χ0) is 14.8. The zero-order valence-electron chi connectivity index (χ0n) is 11.7. The molecule has 3 aromatic rings. The first-order chi connectivity index (χ1) is 10.1. The average molecular weight is 301 g/mol. The first kappa shape index (κ1) is 13.6. The monoisotopic (exact) mass is 301 g/mol. The summed E-state index contributed by atoms with van der Waals surface area (Å²) in [5, 5.41) is 2.84. The van der Waals surface area contributed by atoms with E-state index in [0.717, 1.165) is 21.8 Å². The van der Waals surface area contributed by atoms with Crippen molar-refractivity contribution >= 4 is 33.3 Å². The lowest BCUT2D eigenvalue weighted by atomic mass is 10.3. The van der Waals surface area contributed by atoms with Gasteiger partial charge in [0.1, 0.15) is 17.1 Å². The topological polar surface area (TPSA) is 67.0 Å². The molecule has 0 bridgehead atoms. The van der Waals surface area contributed by atoms with Crippen molar-refractivity contribution in [1.29, 1.82) is 0 Å². The summed E-state index contributed by atoms with van der Waals surface area (Å²) >= 11 is 1.50. The van der Waals surface area contributed by atoms with E-state index in [1.807, 2.05) is 38.1 Å². The van der Waals surface area contributed by atoms with Gasteiger partial charge in [-0.05, 0) is 44.2 Å². The zero-order valence-corrected chi connectivity index (χ0v) is 12.5. The van der Waals surface area contributed by atoms with Crippen LogP contribution in [0.25, 0.3) is 10.3 Å². The predicted molar refractivity (Wildman–Crippen MR) is 84.1 cm³/mol. The van der Waals surface area contributed by atoms with Crippen LogP contribution >= 0.6 is 11.3 Å². The van der Waals surface area contributed by atoms with Crippen molar-refractivity contribution < 1.29 is 9.53 Å². The van der Waals surface area contributed by atoms with Crippen LogP contribution in [0.1, 0.15) is 24.3 Å². The molecule has 6 heteroatoms. The Kier molecular flexibility index (Phi) is 3.62. The number of thiazole rings is 1. The smallest absolute Gasteiger partial charge is 0.272 e. The van der Waals surface area contributed by atoms with E-state index in [-0.39, 0.29) is 12.0 Å². The van der Waals surface area contributed by atoms with Crippen LogP contribution < -0.4 is 10.1 Å². The average Bonchev–Trinajstić information content (AvgIpc) is 3.01. The lowest BCUT2D eigenvalue weighted by molar-refractivity contribution is 0.102. The maximum atomic E-state index is 12.1. The number of H-pyrrole nitrogens is 1. The minimum atomic E-state index is -0.183. The Morgan fingerprint density at radius 2 is 2.10 bits per heavy atom. The van der Waals surface area contributed by atoms with Gasteiger partial charge in [-0.2, -0.15) is 0 Å². The number of hydrogen-bond acceptors (Lipinski definition) is 4. The molecule has 0 fully saturated rings. The predicted octanol–water partition coefficient (Wildman–Crippen LogP) is 3.66. The minimum absolute atomic E-state index is 0.129. The van der Waals surface area contributed by atoms with Gasteiger partial charge in [0.15, 0.2) is 0 Å². The molecule has 2 N–H and O–H groups in total.